The fourth-order valence-corrected chi connectivity index (χ4v) is 0.282. The van der Waals surface area contributed by atoms with Crippen LogP contribution in [0.4, 0.5) is 0 Å². The average Bonchev–Trinajstić information content (AvgIpc) is 1.83. The summed E-state index contributed by atoms with van der Waals surface area (Å²) in [6, 6.07) is 0. The van der Waals surface area contributed by atoms with E-state index in [0.29, 0.717) is 0 Å². The van der Waals surface area contributed by atoms with Gasteiger partial charge in [0.2, 0.25) is 0 Å². The molecule has 0 atom stereocenters. The van der Waals surface area contributed by atoms with E-state index >= 15 is 0 Å². The minimum absolute atomic E-state index is 0. The van der Waals surface area contributed by atoms with Gasteiger partial charge in [0.25, 0.3) is 0 Å². The van der Waals surface area contributed by atoms with Crippen molar-refractivity contribution in [3.05, 3.63) is 12.2 Å². The van der Waals surface area contributed by atoms with Gasteiger partial charge in [-0.2, -0.15) is 0 Å². The zero-order valence-electron chi connectivity index (χ0n) is 5.59. The summed E-state index contributed by atoms with van der Waals surface area (Å²) in [7, 11) is 1.36. The van der Waals surface area contributed by atoms with Crippen molar-refractivity contribution in [2.75, 3.05) is 7.11 Å². The van der Waals surface area contributed by atoms with Gasteiger partial charge in [-0.1, -0.05) is 13.0 Å². The van der Waals surface area contributed by atoms with Crippen molar-refractivity contribution in [3.63, 3.8) is 0 Å². The minimum atomic E-state index is -0.285. The lowest BCUT2D eigenvalue weighted by molar-refractivity contribution is -0.134. The lowest BCUT2D eigenvalue weighted by Gasteiger charge is -1.86. The van der Waals surface area contributed by atoms with Gasteiger partial charge in [0.05, 0.1) is 7.11 Å². The Hall–Kier alpha value is -0.500. The van der Waals surface area contributed by atoms with Gasteiger partial charge in [-0.25, -0.2) is 4.79 Å². The van der Waals surface area contributed by atoms with Gasteiger partial charge in [-0.3, -0.25) is 0 Å². The van der Waals surface area contributed by atoms with Gasteiger partial charge >= 0.3 is 5.97 Å². The molecule has 0 aromatic carbocycles. The molecule has 54 valence electrons. The van der Waals surface area contributed by atoms with Crippen LogP contribution in [0.3, 0.4) is 0 Å². The molecule has 0 saturated carbocycles. The maximum atomic E-state index is 10.3. The first-order valence-corrected chi connectivity index (χ1v) is 2.55. The van der Waals surface area contributed by atoms with E-state index in [9.17, 15) is 4.79 Å². The number of ether oxygens (including phenoxy) is 1. The van der Waals surface area contributed by atoms with Crippen molar-refractivity contribution in [3.8, 4) is 0 Å². The van der Waals surface area contributed by atoms with E-state index in [-0.39, 0.29) is 18.4 Å². The highest BCUT2D eigenvalue weighted by Gasteiger charge is 1.85. The Morgan fingerprint density at radius 2 is 2.22 bits per heavy atom. The Morgan fingerprint density at radius 1 is 1.67 bits per heavy atom. The van der Waals surface area contributed by atoms with E-state index in [0.717, 1.165) is 6.42 Å². The van der Waals surface area contributed by atoms with Crippen LogP contribution in [0.15, 0.2) is 12.2 Å². The summed E-state index contributed by atoms with van der Waals surface area (Å²) in [5.74, 6) is -0.285. The molecular weight excluding hydrogens is 140 g/mol. The normalized spacial score (nSPS) is 8.67. The van der Waals surface area contributed by atoms with Crippen LogP contribution in [0.2, 0.25) is 0 Å². The number of hydrogen-bond donors (Lipinski definition) is 0. The molecule has 0 rings (SSSR count). The Balaban J connectivity index is 0. The maximum absolute atomic E-state index is 10.3. The summed E-state index contributed by atoms with van der Waals surface area (Å²) in [5.41, 5.74) is 0. The molecule has 0 radical (unpaired) electrons. The molecule has 0 fully saturated rings. The van der Waals surface area contributed by atoms with E-state index in [1.165, 1.54) is 13.2 Å². The lowest BCUT2D eigenvalue weighted by atomic mass is 10.4. The first-order chi connectivity index (χ1) is 3.81. The molecule has 0 spiro atoms. The van der Waals surface area contributed by atoms with Gasteiger partial charge in [0.1, 0.15) is 0 Å². The minimum Gasteiger partial charge on any atom is -0.466 e. The van der Waals surface area contributed by atoms with Crippen LogP contribution >= 0.6 is 12.4 Å². The van der Waals surface area contributed by atoms with E-state index in [1.807, 2.05) is 6.92 Å². The Kier molecular flexibility index (Phi) is 9.43. The van der Waals surface area contributed by atoms with Crippen LogP contribution in [0, 0.1) is 0 Å². The van der Waals surface area contributed by atoms with Gasteiger partial charge in [-0.15, -0.1) is 12.4 Å². The summed E-state index contributed by atoms with van der Waals surface area (Å²) in [6.07, 6.45) is 4.04. The summed E-state index contributed by atoms with van der Waals surface area (Å²) >= 11 is 0. The monoisotopic (exact) mass is 150 g/mol. The van der Waals surface area contributed by atoms with Crippen molar-refractivity contribution in [1.82, 2.24) is 0 Å². The summed E-state index contributed by atoms with van der Waals surface area (Å²) in [5, 5.41) is 0. The molecule has 0 amide bonds. The Bertz CT molecular complexity index is 99.2. The molecule has 3 heteroatoms. The van der Waals surface area contributed by atoms with Crippen molar-refractivity contribution >= 4 is 18.4 Å². The Labute approximate surface area is 61.3 Å². The number of methoxy groups -OCH3 is 1. The van der Waals surface area contributed by atoms with Gasteiger partial charge in [0, 0.05) is 6.08 Å². The quantitative estimate of drug-likeness (QED) is 0.441. The van der Waals surface area contributed by atoms with Crippen LogP contribution < -0.4 is 0 Å². The molecule has 0 aliphatic rings. The standard InChI is InChI=1S/C6H10O2.ClH/c1-3-4-5-6(7)8-2;/h4-5H,3H2,1-2H3;1H. The highest BCUT2D eigenvalue weighted by molar-refractivity contribution is 5.85. The van der Waals surface area contributed by atoms with Gasteiger partial charge < -0.3 is 4.74 Å². The average molecular weight is 151 g/mol. The third kappa shape index (κ3) is 7.50. The van der Waals surface area contributed by atoms with Gasteiger partial charge in [-0.05, 0) is 6.42 Å². The molecule has 2 nitrogen and oxygen atoms in total. The van der Waals surface area contributed by atoms with E-state index in [4.69, 9.17) is 0 Å². The van der Waals surface area contributed by atoms with Gasteiger partial charge in [0.15, 0.2) is 0 Å². The third-order valence-electron chi connectivity index (χ3n) is 0.691. The smallest absolute Gasteiger partial charge is 0.330 e. The fourth-order valence-electron chi connectivity index (χ4n) is 0.282. The molecule has 0 aliphatic heterocycles. The summed E-state index contributed by atoms with van der Waals surface area (Å²) < 4.78 is 4.33. The molecule has 9 heavy (non-hydrogen) atoms. The second-order valence-electron chi connectivity index (χ2n) is 1.33. The molecule has 0 aromatic heterocycles. The molecule has 0 aromatic rings. The number of allylic oxidation sites excluding steroid dienone is 1. The largest absolute Gasteiger partial charge is 0.466 e. The zero-order chi connectivity index (χ0) is 6.41. The first-order valence-electron chi connectivity index (χ1n) is 2.55. The third-order valence-corrected chi connectivity index (χ3v) is 0.691. The fraction of sp³-hybridized carbons (Fsp3) is 0.500. The molecular formula is C6H11ClO2. The van der Waals surface area contributed by atoms with E-state index in [2.05, 4.69) is 4.74 Å². The predicted molar refractivity (Wildman–Crippen MR) is 38.7 cm³/mol. The number of hydrogen-bond acceptors (Lipinski definition) is 2. The number of carbonyl (C=O) groups excluding carboxylic acids is 1. The number of carbonyl (C=O) groups is 1. The zero-order valence-corrected chi connectivity index (χ0v) is 6.40. The number of halogens is 1. The molecule has 0 N–H and O–H groups in total. The van der Waals surface area contributed by atoms with Crippen LogP contribution in [0.5, 0.6) is 0 Å². The second-order valence-corrected chi connectivity index (χ2v) is 1.33. The molecule has 0 heterocycles. The number of esters is 1. The van der Waals surface area contributed by atoms with Crippen molar-refractivity contribution < 1.29 is 9.53 Å². The lowest BCUT2D eigenvalue weighted by Crippen LogP contribution is -1.92. The second kappa shape index (κ2) is 7.50. The van der Waals surface area contributed by atoms with Crippen LogP contribution in [-0.4, -0.2) is 13.1 Å². The summed E-state index contributed by atoms with van der Waals surface area (Å²) in [6.45, 7) is 1.96. The van der Waals surface area contributed by atoms with Crippen molar-refractivity contribution in [2.24, 2.45) is 0 Å². The van der Waals surface area contributed by atoms with Crippen LogP contribution in [0.1, 0.15) is 13.3 Å². The predicted octanol–water partition coefficient (Wildman–Crippen LogP) is 1.55. The SMILES string of the molecule is CCC=CC(=O)OC.Cl. The first kappa shape index (κ1) is 11.3. The number of rotatable bonds is 2. The van der Waals surface area contributed by atoms with E-state index < -0.39 is 0 Å². The molecule has 0 bridgehead atoms. The highest BCUT2D eigenvalue weighted by atomic mass is 35.5. The van der Waals surface area contributed by atoms with Crippen LogP contribution in [0.25, 0.3) is 0 Å². The van der Waals surface area contributed by atoms with Crippen LogP contribution in [-0.2, 0) is 9.53 Å². The summed E-state index contributed by atoms with van der Waals surface area (Å²) in [4.78, 5) is 10.3. The van der Waals surface area contributed by atoms with Crippen molar-refractivity contribution in [2.45, 2.75) is 13.3 Å². The topological polar surface area (TPSA) is 26.3 Å². The van der Waals surface area contributed by atoms with E-state index in [1.54, 1.807) is 6.08 Å². The molecule has 0 aliphatic carbocycles. The molecule has 0 unspecified atom stereocenters. The van der Waals surface area contributed by atoms with Crippen molar-refractivity contribution in [1.29, 1.82) is 0 Å². The highest BCUT2D eigenvalue weighted by Crippen LogP contribution is 1.80. The molecule has 0 saturated heterocycles. The maximum Gasteiger partial charge on any atom is 0.330 e. The Morgan fingerprint density at radius 3 is 2.56 bits per heavy atom.